The Balaban J connectivity index is 0.981. The van der Waals surface area contributed by atoms with Crippen LogP contribution in [0.25, 0.3) is 0 Å². The zero-order valence-electron chi connectivity index (χ0n) is 21.0. The number of benzene rings is 1. The fourth-order valence-corrected chi connectivity index (χ4v) is 6.60. The number of allylic oxidation sites excluding steroid dienone is 2. The van der Waals surface area contributed by atoms with Gasteiger partial charge in [-0.2, -0.15) is 0 Å². The number of nitrogens with one attached hydrogen (secondary N) is 2. The van der Waals surface area contributed by atoms with Gasteiger partial charge >= 0.3 is 0 Å². The molecule has 1 amide bonds. The number of aryl methyl sites for hydroxylation is 1. The van der Waals surface area contributed by atoms with Crippen molar-refractivity contribution in [2.75, 3.05) is 45.8 Å². The van der Waals surface area contributed by atoms with Crippen LogP contribution in [0.4, 0.5) is 0 Å². The number of carbonyl (C=O) groups excluding carboxylic acids is 1. The Morgan fingerprint density at radius 2 is 1.71 bits per heavy atom. The molecule has 2 atom stereocenters. The molecule has 3 heterocycles. The molecular weight excluding hydrogens is 434 g/mol. The fraction of sp³-hybridized carbons (Fsp3) is 0.621. The molecule has 0 aromatic heterocycles. The van der Waals surface area contributed by atoms with Crippen LogP contribution in [0.3, 0.4) is 0 Å². The van der Waals surface area contributed by atoms with Crippen LogP contribution < -0.4 is 10.6 Å². The van der Waals surface area contributed by atoms with Crippen molar-refractivity contribution in [2.24, 2.45) is 5.92 Å². The minimum absolute atomic E-state index is 0.0411. The number of dihydropyridines is 1. The standard InChI is InChI=1S/C29H41N5O/c35-29(30-21-22-9-10-22)26-7-3-8-28(31-26)34-16-4-15-32(19-20-34)24-13-17-33(18-14-24)27-12-11-23-5-1-2-6-25(23)27/h1-3,5-8,22,24,27-28,31H,4,9-21H2,(H,30,35). The van der Waals surface area contributed by atoms with Gasteiger partial charge in [-0.05, 0) is 80.7 Å². The Kier molecular flexibility index (Phi) is 6.95. The van der Waals surface area contributed by atoms with E-state index in [4.69, 9.17) is 0 Å². The van der Waals surface area contributed by atoms with Crippen LogP contribution in [0.5, 0.6) is 0 Å². The molecule has 1 aromatic carbocycles. The van der Waals surface area contributed by atoms with Crippen LogP contribution in [0.15, 0.2) is 48.2 Å². The fourth-order valence-electron chi connectivity index (χ4n) is 6.60. The number of hydrogen-bond acceptors (Lipinski definition) is 5. The number of rotatable bonds is 6. The zero-order valence-corrected chi connectivity index (χ0v) is 21.0. The van der Waals surface area contributed by atoms with Gasteiger partial charge in [0.15, 0.2) is 0 Å². The van der Waals surface area contributed by atoms with Crippen LogP contribution in [-0.4, -0.2) is 78.6 Å². The van der Waals surface area contributed by atoms with E-state index in [0.717, 1.165) is 26.2 Å². The molecule has 1 aromatic rings. The molecular formula is C29H41N5O. The Morgan fingerprint density at radius 3 is 2.57 bits per heavy atom. The molecule has 35 heavy (non-hydrogen) atoms. The summed E-state index contributed by atoms with van der Waals surface area (Å²) in [5, 5.41) is 6.59. The predicted molar refractivity (Wildman–Crippen MR) is 140 cm³/mol. The molecule has 6 nitrogen and oxygen atoms in total. The summed E-state index contributed by atoms with van der Waals surface area (Å²) in [5.74, 6) is 0.742. The Labute approximate surface area is 210 Å². The highest BCUT2D eigenvalue weighted by molar-refractivity contribution is 5.93. The molecule has 2 saturated heterocycles. The highest BCUT2D eigenvalue weighted by Crippen LogP contribution is 2.37. The van der Waals surface area contributed by atoms with Crippen molar-refractivity contribution >= 4 is 5.91 Å². The number of amides is 1. The number of piperidine rings is 1. The molecule has 188 valence electrons. The largest absolute Gasteiger partial charge is 0.362 e. The average Bonchev–Trinajstić information content (AvgIpc) is 3.69. The second-order valence-corrected chi connectivity index (χ2v) is 11.2. The van der Waals surface area contributed by atoms with Gasteiger partial charge in [-0.15, -0.1) is 0 Å². The van der Waals surface area contributed by atoms with E-state index in [2.05, 4.69) is 55.7 Å². The Bertz CT molecular complexity index is 962. The summed E-state index contributed by atoms with van der Waals surface area (Å²) in [5.41, 5.74) is 3.86. The molecule has 2 unspecified atom stereocenters. The molecule has 3 aliphatic heterocycles. The van der Waals surface area contributed by atoms with E-state index in [9.17, 15) is 4.79 Å². The molecule has 6 heteroatoms. The van der Waals surface area contributed by atoms with Crippen molar-refractivity contribution in [1.82, 2.24) is 25.3 Å². The molecule has 0 spiro atoms. The van der Waals surface area contributed by atoms with Crippen molar-refractivity contribution in [1.29, 1.82) is 0 Å². The van der Waals surface area contributed by atoms with Crippen molar-refractivity contribution < 1.29 is 4.79 Å². The van der Waals surface area contributed by atoms with Crippen LogP contribution in [0.1, 0.15) is 55.7 Å². The normalized spacial score (nSPS) is 28.7. The van der Waals surface area contributed by atoms with Gasteiger partial charge in [0.1, 0.15) is 5.70 Å². The first-order valence-corrected chi connectivity index (χ1v) is 14.0. The maximum atomic E-state index is 12.6. The molecule has 6 rings (SSSR count). The van der Waals surface area contributed by atoms with Gasteiger partial charge in [-0.25, -0.2) is 0 Å². The van der Waals surface area contributed by atoms with Gasteiger partial charge in [0, 0.05) is 51.4 Å². The summed E-state index contributed by atoms with van der Waals surface area (Å²) in [6.07, 6.45) is 15.1. The van der Waals surface area contributed by atoms with E-state index in [1.54, 1.807) is 11.1 Å². The zero-order chi connectivity index (χ0) is 23.6. The first kappa shape index (κ1) is 23.3. The molecule has 1 saturated carbocycles. The van der Waals surface area contributed by atoms with Crippen LogP contribution in [0, 0.1) is 5.92 Å². The number of likely N-dealkylation sites (tertiary alicyclic amines) is 1. The average molecular weight is 476 g/mol. The lowest BCUT2D eigenvalue weighted by atomic mass is 9.99. The summed E-state index contributed by atoms with van der Waals surface area (Å²) < 4.78 is 0. The maximum absolute atomic E-state index is 12.6. The minimum atomic E-state index is 0.0411. The number of hydrogen-bond donors (Lipinski definition) is 2. The van der Waals surface area contributed by atoms with E-state index in [1.165, 1.54) is 64.6 Å². The van der Waals surface area contributed by atoms with Gasteiger partial charge in [0.25, 0.3) is 5.91 Å². The van der Waals surface area contributed by atoms with Crippen LogP contribution in [-0.2, 0) is 11.2 Å². The molecule has 3 fully saturated rings. The SMILES string of the molecule is O=C(NCC1CC1)C1=CC=CC(N2CCCN(C3CCN(C4CCc5ccccc54)CC3)CC2)N1. The maximum Gasteiger partial charge on any atom is 0.267 e. The molecule has 2 aliphatic carbocycles. The molecule has 5 aliphatic rings. The van der Waals surface area contributed by atoms with E-state index >= 15 is 0 Å². The van der Waals surface area contributed by atoms with E-state index in [1.807, 2.05) is 12.2 Å². The van der Waals surface area contributed by atoms with Gasteiger partial charge in [-0.3, -0.25) is 19.5 Å². The third-order valence-electron chi connectivity index (χ3n) is 8.87. The minimum Gasteiger partial charge on any atom is -0.362 e. The van der Waals surface area contributed by atoms with E-state index in [0.29, 0.717) is 23.7 Å². The van der Waals surface area contributed by atoms with Crippen molar-refractivity contribution in [2.45, 2.75) is 63.2 Å². The summed E-state index contributed by atoms with van der Waals surface area (Å²) in [7, 11) is 0. The summed E-state index contributed by atoms with van der Waals surface area (Å²) in [6, 6.07) is 10.4. The first-order valence-electron chi connectivity index (χ1n) is 14.0. The van der Waals surface area contributed by atoms with Gasteiger partial charge in [-0.1, -0.05) is 30.3 Å². The first-order chi connectivity index (χ1) is 17.2. The lowest BCUT2D eigenvalue weighted by molar-refractivity contribution is -0.118. The Hall–Kier alpha value is -2.15. The van der Waals surface area contributed by atoms with Crippen molar-refractivity contribution in [3.05, 3.63) is 59.3 Å². The van der Waals surface area contributed by atoms with Crippen molar-refractivity contribution in [3.63, 3.8) is 0 Å². The molecule has 2 N–H and O–H groups in total. The topological polar surface area (TPSA) is 50.9 Å². The molecule has 0 radical (unpaired) electrons. The number of fused-ring (bicyclic) bond motifs is 1. The quantitative estimate of drug-likeness (QED) is 0.663. The van der Waals surface area contributed by atoms with Gasteiger partial charge in [0.2, 0.25) is 0 Å². The summed E-state index contributed by atoms with van der Waals surface area (Å²) in [6.45, 7) is 7.70. The second kappa shape index (κ2) is 10.5. The highest BCUT2D eigenvalue weighted by Gasteiger charge is 2.33. The third kappa shape index (κ3) is 5.35. The third-order valence-corrected chi connectivity index (χ3v) is 8.87. The van der Waals surface area contributed by atoms with E-state index in [-0.39, 0.29) is 12.1 Å². The van der Waals surface area contributed by atoms with Crippen molar-refractivity contribution in [3.8, 4) is 0 Å². The predicted octanol–water partition coefficient (Wildman–Crippen LogP) is 3.04. The number of carbonyl (C=O) groups is 1. The number of nitrogens with zero attached hydrogens (tertiary/aromatic N) is 3. The Morgan fingerprint density at radius 1 is 0.914 bits per heavy atom. The molecule has 0 bridgehead atoms. The second-order valence-electron chi connectivity index (χ2n) is 11.2. The summed E-state index contributed by atoms with van der Waals surface area (Å²) in [4.78, 5) is 20.6. The monoisotopic (exact) mass is 475 g/mol. The van der Waals surface area contributed by atoms with Gasteiger partial charge < -0.3 is 10.6 Å². The van der Waals surface area contributed by atoms with Gasteiger partial charge in [0.05, 0.1) is 6.17 Å². The lowest BCUT2D eigenvalue weighted by Gasteiger charge is -2.41. The van der Waals surface area contributed by atoms with E-state index < -0.39 is 0 Å². The smallest absolute Gasteiger partial charge is 0.267 e. The highest BCUT2D eigenvalue weighted by atomic mass is 16.2. The van der Waals surface area contributed by atoms with Crippen LogP contribution in [0.2, 0.25) is 0 Å². The van der Waals surface area contributed by atoms with Crippen LogP contribution >= 0.6 is 0 Å². The summed E-state index contributed by atoms with van der Waals surface area (Å²) >= 11 is 0. The lowest BCUT2D eigenvalue weighted by Crippen LogP contribution is -2.50.